The van der Waals surface area contributed by atoms with Crippen LogP contribution < -0.4 is 43.9 Å². The van der Waals surface area contributed by atoms with Gasteiger partial charge in [-0.1, -0.05) is 169 Å². The number of ether oxygens (including phenoxy) is 10. The van der Waals surface area contributed by atoms with Gasteiger partial charge < -0.3 is 90.7 Å². The first kappa shape index (κ1) is 118. The van der Waals surface area contributed by atoms with Crippen LogP contribution in [-0.4, -0.2) is 182 Å². The molecule has 14 fully saturated rings. The zero-order chi connectivity index (χ0) is 96.1. The number of fused-ring (bicyclic) bond motifs is 3. The molecule has 0 radical (unpaired) electrons. The monoisotopic (exact) mass is 2100 g/mol. The molecular weight excluding hydrogens is 1940 g/mol. The number of rotatable bonds is 19. The number of carbonyl (C=O) groups excluding carboxylic acids is 1. The van der Waals surface area contributed by atoms with Crippen molar-refractivity contribution in [3.05, 3.63) is 226 Å². The van der Waals surface area contributed by atoms with Gasteiger partial charge in [-0.3, -0.25) is 4.79 Å². The first-order valence-corrected chi connectivity index (χ1v) is 57.5. The summed E-state index contributed by atoms with van der Waals surface area (Å²) < 4.78 is 81.0. The summed E-state index contributed by atoms with van der Waals surface area (Å²) in [6.45, 7) is 26.5. The van der Waals surface area contributed by atoms with E-state index in [4.69, 9.17) is 112 Å². The molecule has 8 aliphatic carbocycles. The number of carbonyl (C=O) groups is 1. The number of nitrogen functional groups attached to an aromatic ring is 1. The molecule has 2 spiro atoms. The van der Waals surface area contributed by atoms with Gasteiger partial charge in [0.1, 0.15) is 57.7 Å². The summed E-state index contributed by atoms with van der Waals surface area (Å²) in [7, 11) is 13.1. The average Bonchev–Trinajstić information content (AvgIpc) is 1.56. The second kappa shape index (κ2) is 66.8. The van der Waals surface area contributed by atoms with Crippen LogP contribution in [0.1, 0.15) is 257 Å². The average molecular weight is 2100 g/mol. The van der Waals surface area contributed by atoms with Gasteiger partial charge in [-0.05, 0) is 269 Å². The van der Waals surface area contributed by atoms with Crippen LogP contribution in [-0.2, 0) is 63.3 Å². The van der Waals surface area contributed by atoms with Crippen molar-refractivity contribution in [1.29, 1.82) is 0 Å². The number of Topliss-reactive ketones (excluding diaryl/α,β-unsaturated/α-hetero) is 1. The maximum atomic E-state index is 12.9. The molecule has 20 rings (SSSR count). The van der Waals surface area contributed by atoms with Crippen molar-refractivity contribution in [3.8, 4) is 0 Å². The Morgan fingerprint density at radius 3 is 1.40 bits per heavy atom. The molecule has 16 nitrogen and oxygen atoms in total. The molecule has 6 N–H and O–H groups in total. The Bertz CT molecular complexity index is 3880. The summed E-state index contributed by atoms with van der Waals surface area (Å²) in [5.41, 5.74) is 9.22. The molecule has 15 aliphatic rings. The minimum atomic E-state index is -1.53. The molecule has 6 saturated heterocycles. The van der Waals surface area contributed by atoms with Gasteiger partial charge in [0.05, 0.1) is 112 Å². The third kappa shape index (κ3) is 41.4. The number of hydrogen-bond donors (Lipinski definition) is 5. The van der Waals surface area contributed by atoms with Crippen molar-refractivity contribution in [1.82, 2.24) is 0 Å². The summed E-state index contributed by atoms with van der Waals surface area (Å²) in [6.07, 6.45) is 59.1. The van der Waals surface area contributed by atoms with Crippen molar-refractivity contribution in [3.63, 3.8) is 0 Å². The fourth-order valence-electron chi connectivity index (χ4n) is 19.7. The van der Waals surface area contributed by atoms with Gasteiger partial charge >= 0.3 is 41.5 Å². The van der Waals surface area contributed by atoms with Crippen LogP contribution in [0.5, 0.6) is 0 Å². The van der Waals surface area contributed by atoms with Gasteiger partial charge in [0.2, 0.25) is 0 Å². The van der Waals surface area contributed by atoms with Crippen LogP contribution in [0.25, 0.3) is 0 Å². The van der Waals surface area contributed by atoms with Crippen LogP contribution in [0.3, 0.4) is 0 Å². The van der Waals surface area contributed by atoms with E-state index in [-0.39, 0.29) is 88.0 Å². The molecule has 26 heteroatoms. The fourth-order valence-corrected chi connectivity index (χ4v) is 22.9. The van der Waals surface area contributed by atoms with Crippen LogP contribution in [0.2, 0.25) is 0 Å². The standard InChI is InChI=1S/C19H18P.C15H20FNO2.C11H18O.C10H18O2.C10H16O2.2C9H14O2.C9H14O.C6H6FN.C6H10O.C4H8O.CH2Cl2.BrH.3ClH.Fe/c1-20(17-11-5-2-6-12-17,18-13-7-3-8-14-18)19-15-9-4-10-16-19;16-11-4-6-12(7-5-11)17-13-8-10-19-14-3-1-2-9-15(13,14)18;1-3-4-9-12-11-8-6-5-7-10(11)2;2*1-2-3-8-12-10-7-5-4-6-9(10)11;2*1-2-5-9-7(3-1)10-6-4-8(9)11-9;1-2-6-9-8(4-1)5-3-7-10-9;7-5-1-3-6(8)4-2-5;1-2-4-6-5(3-1)7-6;1-2-3-4-5;2-1-3;;;;;/h2-16H,1H3;4-7,13-14,17-18H,1-3,8-10H2;3,11H,1-2,4-9H2;2,9-11H,1,3-8H2;2,10H,1,3-8H2;2*7-8H,1-6H2;5,9H,1-4,6-7H2;1-4H,8H2;5-6H,1-4H2;2,5H,1,3-4H2;1H2;4*1H;/q+1;;;;;;;;;;;;;;;;+3/p-4/t;13-,14+,15+;;;;7-,8?,9+;7-,8?,9-;;;;;;;;;;/m.1...01........../s1. The number of nitrogens with one attached hydrogen (secondary N) is 1. The van der Waals surface area contributed by atoms with Gasteiger partial charge in [0.15, 0.2) is 5.78 Å². The Balaban J connectivity index is 0.000000204. The number of anilines is 2. The summed E-state index contributed by atoms with van der Waals surface area (Å²) in [4.78, 5) is 11.2. The molecule has 8 saturated carbocycles. The SMILES string of the molecule is C1=C2CCCCC2OCC1.C1CCC2OC2C1.C1CC[C@]23OC2CCO[C@@H]3C1.C1CC[C@]23OC2CCO[C@H]3C1.C=CCCO.C=CCCOC1CCCCC1=C.C=CCCOC1CCCCC1=O.C=CCCOC1CCCCC1O.C[P+](c1ccccc1)(c1ccccc1)c1ccccc1.ClCCl.Nc1ccc(F)cc1.O[C@]12CCCC[C@@H]1OCC[C@H]2Nc1ccc(F)cc1.[Br-].[Cl][Fe]([Cl])[Cl]. The molecule has 0 amide bonds. The van der Waals surface area contributed by atoms with E-state index in [9.17, 15) is 23.8 Å². The Kier molecular flexibility index (Phi) is 58.4. The van der Waals surface area contributed by atoms with E-state index in [2.05, 4.69) is 142 Å². The first-order chi connectivity index (χ1) is 65.1. The number of alkyl halides is 2. The van der Waals surface area contributed by atoms with Crippen molar-refractivity contribution in [2.45, 2.75) is 353 Å². The minimum absolute atomic E-state index is 0. The predicted molar refractivity (Wildman–Crippen MR) is 548 cm³/mol. The van der Waals surface area contributed by atoms with E-state index in [1.54, 1.807) is 23.8 Å². The second-order valence-corrected chi connectivity index (χ2v) is 46.5. The molecule has 16 atom stereocenters. The molecule has 0 bridgehead atoms. The third-order valence-electron chi connectivity index (χ3n) is 27.3. The summed E-state index contributed by atoms with van der Waals surface area (Å²) in [5, 5.41) is 36.2. The van der Waals surface area contributed by atoms with Gasteiger partial charge in [-0.25, -0.2) is 8.78 Å². The van der Waals surface area contributed by atoms with Gasteiger partial charge in [-0.15, -0.1) is 49.5 Å². The van der Waals surface area contributed by atoms with Crippen LogP contribution in [0.15, 0.2) is 214 Å². The van der Waals surface area contributed by atoms with Crippen LogP contribution in [0.4, 0.5) is 20.2 Å². The van der Waals surface area contributed by atoms with E-state index in [1.165, 1.54) is 180 Å². The zero-order valence-electron chi connectivity index (χ0n) is 80.1. The topological polar surface area (TPSA) is 218 Å². The van der Waals surface area contributed by atoms with Gasteiger partial charge in [-0.2, -0.15) is 0 Å². The number of halogens is 8. The number of epoxide rings is 3. The van der Waals surface area contributed by atoms with Gasteiger partial charge in [0.25, 0.3) is 0 Å². The van der Waals surface area contributed by atoms with Crippen molar-refractivity contribution < 1.29 is 104 Å². The number of aliphatic hydroxyl groups excluding tert-OH is 2. The van der Waals surface area contributed by atoms with Crippen molar-refractivity contribution in [2.75, 3.05) is 75.9 Å². The van der Waals surface area contributed by atoms with E-state index in [0.29, 0.717) is 87.2 Å². The van der Waals surface area contributed by atoms with Crippen LogP contribution in [0, 0.1) is 11.6 Å². The molecule has 9 unspecified atom stereocenters. The Labute approximate surface area is 846 Å². The van der Waals surface area contributed by atoms with E-state index < -0.39 is 24.0 Å². The number of hydrogen-bond acceptors (Lipinski definition) is 16. The summed E-state index contributed by atoms with van der Waals surface area (Å²) in [6, 6.07) is 44.6. The zero-order valence-corrected chi connectivity index (χ0v) is 87.5. The number of nitrogens with two attached hydrogens (primary N) is 1. The third-order valence-corrected chi connectivity index (χ3v) is 31.3. The van der Waals surface area contributed by atoms with Crippen molar-refractivity contribution >= 4 is 93.8 Å². The Morgan fingerprint density at radius 1 is 0.504 bits per heavy atom. The molecule has 5 aromatic rings. The molecule has 135 heavy (non-hydrogen) atoms. The van der Waals surface area contributed by atoms with Crippen molar-refractivity contribution in [2.24, 2.45) is 0 Å². The first-order valence-electron chi connectivity index (χ1n) is 49.7. The predicted octanol–water partition coefficient (Wildman–Crippen LogP) is 22.4. The number of benzene rings is 5. The van der Waals surface area contributed by atoms with E-state index >= 15 is 0 Å². The molecule has 7 aliphatic heterocycles. The molecule has 0 aromatic heterocycles. The molecular formula is C109H158BrCl5F2FeN2O14P. The van der Waals surface area contributed by atoms with Crippen LogP contribution >= 0.6 is 60.8 Å². The van der Waals surface area contributed by atoms with E-state index in [1.807, 2.05) is 18.2 Å². The Morgan fingerprint density at radius 2 is 0.933 bits per heavy atom. The molecule has 7 heterocycles. The van der Waals surface area contributed by atoms with Gasteiger partial charge in [0, 0.05) is 44.2 Å². The quantitative estimate of drug-likeness (QED) is 0.00988. The summed E-state index contributed by atoms with van der Waals surface area (Å²) in [5.74, 6) is -0.212. The second-order valence-electron chi connectivity index (χ2n) is 36.6. The number of ketones is 1. The molecule has 5 aromatic carbocycles. The van der Waals surface area contributed by atoms with E-state index in [0.717, 1.165) is 154 Å². The fraction of sp³-hybridized carbons (Fsp3) is 0.606. The summed E-state index contributed by atoms with van der Waals surface area (Å²) >= 11 is 8.19. The number of aliphatic hydroxyl groups is 3. The normalized spacial score (nSPS) is 28.6. The molecule has 757 valence electrons. The maximum absolute atomic E-state index is 12.9. The Hall–Kier alpha value is -3.97.